The van der Waals surface area contributed by atoms with Crippen LogP contribution >= 0.6 is 0 Å². The second kappa shape index (κ2) is 5.44. The van der Waals surface area contributed by atoms with Crippen LogP contribution in [0, 0.1) is 0 Å². The van der Waals surface area contributed by atoms with Crippen LogP contribution in [0.4, 0.5) is 0 Å². The van der Waals surface area contributed by atoms with Crippen LogP contribution in [0.2, 0.25) is 0 Å². The Morgan fingerprint density at radius 2 is 1.41 bits per heavy atom. The zero-order chi connectivity index (χ0) is 15.7. The topological polar surface area (TPSA) is 63.7 Å². The van der Waals surface area contributed by atoms with Gasteiger partial charge in [-0.2, -0.15) is 0 Å². The second-order valence-corrected chi connectivity index (χ2v) is 4.94. The molecule has 1 heterocycles. The van der Waals surface area contributed by atoms with Gasteiger partial charge in [-0.3, -0.25) is 14.5 Å². The molecule has 3 rings (SSSR count). The molecule has 1 unspecified atom stereocenters. The first-order chi connectivity index (χ1) is 10.6. The predicted molar refractivity (Wildman–Crippen MR) is 78.5 cm³/mol. The first kappa shape index (κ1) is 14.0. The Morgan fingerprint density at radius 3 is 1.95 bits per heavy atom. The summed E-state index contributed by atoms with van der Waals surface area (Å²) in [5.74, 6) is -1.23. The number of fused-ring (bicyclic) bond motifs is 1. The summed E-state index contributed by atoms with van der Waals surface area (Å²) in [7, 11) is 0. The summed E-state index contributed by atoms with van der Waals surface area (Å²) in [6, 6.07) is 14.0. The lowest BCUT2D eigenvalue weighted by atomic mass is 10.1. The van der Waals surface area contributed by atoms with E-state index in [4.69, 9.17) is 4.74 Å². The Kier molecular flexibility index (Phi) is 3.47. The van der Waals surface area contributed by atoms with E-state index in [9.17, 15) is 14.4 Å². The van der Waals surface area contributed by atoms with E-state index < -0.39 is 23.8 Å². The molecule has 0 saturated carbocycles. The minimum atomic E-state index is -0.993. The van der Waals surface area contributed by atoms with Gasteiger partial charge < -0.3 is 4.74 Å². The molecule has 1 aliphatic heterocycles. The number of carbonyl (C=O) groups excluding carboxylic acids is 3. The number of carbonyl (C=O) groups is 3. The third-order valence-electron chi connectivity index (χ3n) is 3.52. The molecule has 0 bridgehead atoms. The Balaban J connectivity index is 1.81. The van der Waals surface area contributed by atoms with E-state index in [1.807, 2.05) is 0 Å². The number of esters is 1. The molecule has 0 fully saturated rings. The number of hydrogen-bond donors (Lipinski definition) is 0. The lowest BCUT2D eigenvalue weighted by molar-refractivity contribution is -0.138. The lowest BCUT2D eigenvalue weighted by Gasteiger charge is -2.20. The van der Waals surface area contributed by atoms with E-state index >= 15 is 0 Å². The lowest BCUT2D eigenvalue weighted by Crippen LogP contribution is -2.44. The highest BCUT2D eigenvalue weighted by Gasteiger charge is 2.41. The Morgan fingerprint density at radius 1 is 0.909 bits per heavy atom. The molecule has 0 N–H and O–H groups in total. The SMILES string of the molecule is CC(C(=O)Oc1ccccc1)N1C(=O)c2ccccc2C1=O. The van der Waals surface area contributed by atoms with Gasteiger partial charge in [0.15, 0.2) is 0 Å². The van der Waals surface area contributed by atoms with Gasteiger partial charge in [0, 0.05) is 0 Å². The highest BCUT2D eigenvalue weighted by Crippen LogP contribution is 2.25. The van der Waals surface area contributed by atoms with E-state index in [0.717, 1.165) is 4.90 Å². The number of para-hydroxylation sites is 1. The molecule has 5 heteroatoms. The molecular formula is C17H13NO4. The van der Waals surface area contributed by atoms with Gasteiger partial charge in [-0.1, -0.05) is 30.3 Å². The second-order valence-electron chi connectivity index (χ2n) is 4.94. The summed E-state index contributed by atoms with van der Waals surface area (Å²) in [6.45, 7) is 1.48. The first-order valence-electron chi connectivity index (χ1n) is 6.83. The Hall–Kier alpha value is -2.95. The summed E-state index contributed by atoms with van der Waals surface area (Å²) < 4.78 is 5.20. The van der Waals surface area contributed by atoms with Crippen molar-refractivity contribution in [3.05, 3.63) is 65.7 Å². The van der Waals surface area contributed by atoms with Crippen molar-refractivity contribution < 1.29 is 19.1 Å². The van der Waals surface area contributed by atoms with Gasteiger partial charge in [0.05, 0.1) is 11.1 Å². The predicted octanol–water partition coefficient (Wildman–Crippen LogP) is 2.28. The minimum absolute atomic E-state index is 0.312. The highest BCUT2D eigenvalue weighted by atomic mass is 16.5. The molecule has 0 radical (unpaired) electrons. The maximum Gasteiger partial charge on any atom is 0.334 e. The average molecular weight is 295 g/mol. The van der Waals surface area contributed by atoms with Crippen LogP contribution in [0.15, 0.2) is 54.6 Å². The summed E-state index contributed by atoms with van der Waals surface area (Å²) in [5.41, 5.74) is 0.624. The van der Waals surface area contributed by atoms with E-state index in [0.29, 0.717) is 16.9 Å². The van der Waals surface area contributed by atoms with Gasteiger partial charge >= 0.3 is 5.97 Å². The van der Waals surface area contributed by atoms with Crippen LogP contribution in [0.25, 0.3) is 0 Å². The third kappa shape index (κ3) is 2.26. The molecule has 0 saturated heterocycles. The number of amides is 2. The van der Waals surface area contributed by atoms with Crippen LogP contribution < -0.4 is 4.74 Å². The van der Waals surface area contributed by atoms with Gasteiger partial charge in [-0.25, -0.2) is 4.79 Å². The summed E-state index contributed by atoms with van der Waals surface area (Å²) >= 11 is 0. The number of benzene rings is 2. The van der Waals surface area contributed by atoms with Crippen LogP contribution in [-0.4, -0.2) is 28.7 Å². The summed E-state index contributed by atoms with van der Waals surface area (Å²) in [4.78, 5) is 37.7. The van der Waals surface area contributed by atoms with E-state index in [2.05, 4.69) is 0 Å². The summed E-state index contributed by atoms with van der Waals surface area (Å²) in [6.07, 6.45) is 0. The number of hydrogen-bond acceptors (Lipinski definition) is 4. The van der Waals surface area contributed by atoms with Gasteiger partial charge in [-0.05, 0) is 31.2 Å². The summed E-state index contributed by atoms with van der Waals surface area (Å²) in [5, 5.41) is 0. The average Bonchev–Trinajstić information content (AvgIpc) is 2.79. The molecular weight excluding hydrogens is 282 g/mol. The van der Waals surface area contributed by atoms with Crippen LogP contribution in [-0.2, 0) is 4.79 Å². The quantitative estimate of drug-likeness (QED) is 0.495. The number of rotatable bonds is 3. The van der Waals surface area contributed by atoms with E-state index in [-0.39, 0.29) is 0 Å². The number of nitrogens with zero attached hydrogens (tertiary/aromatic N) is 1. The molecule has 2 amide bonds. The first-order valence-corrected chi connectivity index (χ1v) is 6.83. The molecule has 22 heavy (non-hydrogen) atoms. The zero-order valence-corrected chi connectivity index (χ0v) is 11.9. The van der Waals surface area contributed by atoms with Crippen molar-refractivity contribution in [2.24, 2.45) is 0 Å². The highest BCUT2D eigenvalue weighted by molar-refractivity contribution is 6.22. The molecule has 2 aromatic carbocycles. The maximum atomic E-state index is 12.3. The Labute approximate surface area is 127 Å². The molecule has 110 valence electrons. The maximum absolute atomic E-state index is 12.3. The Bertz CT molecular complexity index is 719. The van der Waals surface area contributed by atoms with Crippen molar-refractivity contribution in [2.75, 3.05) is 0 Å². The normalized spacial score (nSPS) is 14.7. The van der Waals surface area contributed by atoms with E-state index in [1.165, 1.54) is 6.92 Å². The van der Waals surface area contributed by atoms with Gasteiger partial charge in [0.2, 0.25) is 0 Å². The fourth-order valence-electron chi connectivity index (χ4n) is 2.36. The monoisotopic (exact) mass is 295 g/mol. The van der Waals surface area contributed by atoms with Gasteiger partial charge in [0.1, 0.15) is 11.8 Å². The molecule has 2 aromatic rings. The molecule has 1 aliphatic rings. The standard InChI is InChI=1S/C17H13NO4/c1-11(17(21)22-12-7-3-2-4-8-12)18-15(19)13-9-5-6-10-14(13)16(18)20/h2-11H,1H3. The number of ether oxygens (including phenoxy) is 1. The molecule has 0 aliphatic carbocycles. The smallest absolute Gasteiger partial charge is 0.334 e. The largest absolute Gasteiger partial charge is 0.425 e. The fraction of sp³-hybridized carbons (Fsp3) is 0.118. The molecule has 0 aromatic heterocycles. The zero-order valence-electron chi connectivity index (χ0n) is 11.9. The van der Waals surface area contributed by atoms with Crippen molar-refractivity contribution in [3.8, 4) is 5.75 Å². The van der Waals surface area contributed by atoms with Crippen LogP contribution in [0.1, 0.15) is 27.6 Å². The van der Waals surface area contributed by atoms with Gasteiger partial charge in [-0.15, -0.1) is 0 Å². The van der Waals surface area contributed by atoms with Crippen LogP contribution in [0.3, 0.4) is 0 Å². The van der Waals surface area contributed by atoms with Crippen LogP contribution in [0.5, 0.6) is 5.75 Å². The fourth-order valence-corrected chi connectivity index (χ4v) is 2.36. The van der Waals surface area contributed by atoms with Crippen molar-refractivity contribution in [2.45, 2.75) is 13.0 Å². The van der Waals surface area contributed by atoms with Crippen molar-refractivity contribution in [3.63, 3.8) is 0 Å². The van der Waals surface area contributed by atoms with Crippen molar-refractivity contribution >= 4 is 17.8 Å². The minimum Gasteiger partial charge on any atom is -0.425 e. The van der Waals surface area contributed by atoms with Crippen molar-refractivity contribution in [1.82, 2.24) is 4.90 Å². The molecule has 5 nitrogen and oxygen atoms in total. The third-order valence-corrected chi connectivity index (χ3v) is 3.52. The van der Waals surface area contributed by atoms with E-state index in [1.54, 1.807) is 54.6 Å². The molecule has 1 atom stereocenters. The van der Waals surface area contributed by atoms with Gasteiger partial charge in [0.25, 0.3) is 11.8 Å². The van der Waals surface area contributed by atoms with Crippen molar-refractivity contribution in [1.29, 1.82) is 0 Å². The molecule has 0 spiro atoms. The number of imide groups is 1.